The number of fused-ring (bicyclic) bond motifs is 41. The van der Waals surface area contributed by atoms with Crippen LogP contribution >= 0.6 is 11.3 Å². The Morgan fingerprint density at radius 1 is 0.448 bits per heavy atom. The maximum absolute atomic E-state index is 13.8. The van der Waals surface area contributed by atoms with Crippen molar-refractivity contribution in [1.82, 2.24) is 61.9 Å². The van der Waals surface area contributed by atoms with Crippen molar-refractivity contribution in [2.45, 2.75) is 28.2 Å². The Balaban J connectivity index is 0.000000109. The molecule has 0 saturated carbocycles. The molecule has 0 atom stereocenters. The van der Waals surface area contributed by atoms with Gasteiger partial charge in [0.05, 0.1) is 51.1 Å². The molecule has 0 aliphatic rings. The van der Waals surface area contributed by atoms with Crippen LogP contribution in [0.2, 0.25) is 14.8 Å². The molecule has 0 radical (unpaired) electrons. The first-order chi connectivity index (χ1) is 58.8. The number of pyridine rings is 6. The van der Waals surface area contributed by atoms with Crippen molar-refractivity contribution in [3.8, 4) is 5.88 Å². The fourth-order valence-corrected chi connectivity index (χ4v) is 22.8. The second-order valence-corrected chi connectivity index (χ2v) is 46.5. The molecule has 0 spiro atoms. The average molecular weight is 1770 g/mol. The maximum atomic E-state index is 13.8. The number of hydrogen-bond acceptors (Lipinski definition) is 12. The molecule has 125 heavy (non-hydrogen) atoms. The van der Waals surface area contributed by atoms with Gasteiger partial charge in [0, 0.05) is 45.3 Å². The number of benzene rings is 12. The van der Waals surface area contributed by atoms with Gasteiger partial charge in [0.2, 0.25) is 11.6 Å². The standard InChI is InChI=1S/C21H10FN2O.C21H11N4.C20H10N3S.C18H14FN2O.C17H14N3.3CH3.ClH.3Li.Mg.Sn/c22-12-9-10-14-16(11-12)13-5-1-3-7-17(13)24-20(14)23-19-15-6-2-4-8-18(15)25-21(19)24;1-2-9-15-13(7-1)14-8-3-6-12-18(14)25-20(15)24-19-21(25)23-17-11-5-4-10-16(17)22-19;1-2-8-14-12(6-1)13-7-3-4-9-15(13)23-19(14)22-18-17-16(24-20(18)23)10-5-11-21-17;1-2-9-22-17-11-21-16-6-4-3-5-13(16)15-10-12(19)7-8-14(15)18(21)20-17;1-19(2)12-7-8-16-15(11-12)13-5-3-4-6-14(13)17-18-9-10-20(16)17;;;;;;;;;/h1-9,11H;1-8,10-12H;1-7,9-11H;3-7,10-11H,2,9H2,1H3;3-5,7-11H,1-2H3;3*1H3;1H;;;;;/q4*-1;;;;;;3*+1;+2;/p-1. The van der Waals surface area contributed by atoms with E-state index in [1.54, 1.807) is 21.0 Å². The van der Waals surface area contributed by atoms with Crippen LogP contribution in [0, 0.1) is 35.9 Å². The smallest absolute Gasteiger partial charge is 1.00 e. The molecule has 0 fully saturated rings. The number of thiophene rings is 1. The largest absolute Gasteiger partial charge is 2.00 e. The van der Waals surface area contributed by atoms with Gasteiger partial charge in [0.1, 0.15) is 27.0 Å². The average Bonchev–Trinajstić information content (AvgIpc) is 1.56. The third-order valence-corrected chi connectivity index (χ3v) is 29.4. The number of halogens is 3. The SMILES string of the molecule is CCCOc1cn2c3ccccc3c3cc(F)c[c-]c3c2n1.CN(C)c1ccc2c(c1)c1ccc[c]([Sn]([CH3])([CH3])[CH3])c1c1nccn21.Fc1c[c-]c2c(c1)c1ccccc1n1c2nc2c3ccccc3oc21.[Cl-].[Li+].[Li+].[Li+].[Mg+2].[c-]1cccc2c1c1nc3c4ncccc4sc3n1c1ccccc21.[c-]1cccc2c1c1nc3nc4ccccc4nc3n1c1ccccc21. The van der Waals surface area contributed by atoms with Gasteiger partial charge in [-0.05, 0) is 88.6 Å². The molecule has 12 aromatic carbocycles. The molecule has 0 bridgehead atoms. The summed E-state index contributed by atoms with van der Waals surface area (Å²) in [7, 11) is 4.19. The Morgan fingerprint density at radius 3 is 1.66 bits per heavy atom. The maximum Gasteiger partial charge on any atom is 2.00 e. The van der Waals surface area contributed by atoms with E-state index in [4.69, 9.17) is 39.1 Å². The van der Waals surface area contributed by atoms with Gasteiger partial charge >= 0.3 is 227 Å². The third kappa shape index (κ3) is 14.5. The predicted octanol–water partition coefficient (Wildman–Crippen LogP) is 11.5. The second-order valence-electron chi connectivity index (χ2n) is 31.0. The van der Waals surface area contributed by atoms with Crippen molar-refractivity contribution in [1.29, 1.82) is 0 Å². The van der Waals surface area contributed by atoms with E-state index in [0.717, 1.165) is 154 Å². The zero-order valence-corrected chi connectivity index (χ0v) is 75.6. The molecule has 14 aromatic heterocycles. The van der Waals surface area contributed by atoms with E-state index < -0.39 is 18.4 Å². The molecule has 0 N–H and O–H groups in total. The molecule has 26 rings (SSSR count). The van der Waals surface area contributed by atoms with E-state index in [-0.39, 0.29) is 104 Å². The van der Waals surface area contributed by atoms with Gasteiger partial charge in [0.25, 0.3) is 0 Å². The number of anilines is 1. The minimum absolute atomic E-state index is 0. The number of aromatic nitrogens is 13. The summed E-state index contributed by atoms with van der Waals surface area (Å²) in [6.45, 7) is 2.68. The summed E-state index contributed by atoms with van der Waals surface area (Å²) in [5.74, 6) is -0.0176. The number of nitrogens with zero attached hydrogens (tertiary/aromatic N) is 14. The Bertz CT molecular complexity index is 8750. The Labute approximate surface area is 779 Å². The Morgan fingerprint density at radius 2 is 0.992 bits per heavy atom. The minimum atomic E-state index is -2.26. The van der Waals surface area contributed by atoms with Gasteiger partial charge in [0.15, 0.2) is 11.3 Å². The molecule has 586 valence electrons. The van der Waals surface area contributed by atoms with Crippen molar-refractivity contribution in [3.05, 3.63) is 315 Å². The Kier molecular flexibility index (Phi) is 23.6. The van der Waals surface area contributed by atoms with E-state index in [9.17, 15) is 8.78 Å². The molecule has 14 heterocycles. The summed E-state index contributed by atoms with van der Waals surface area (Å²) in [4.78, 5) is 48.7. The van der Waals surface area contributed by atoms with Gasteiger partial charge in [-0.15, -0.1) is 107 Å². The first-order valence-corrected chi connectivity index (χ1v) is 50.5. The zero-order chi connectivity index (χ0) is 80.8. The van der Waals surface area contributed by atoms with Crippen LogP contribution in [0.25, 0.3) is 202 Å². The molecule has 0 aliphatic carbocycles. The van der Waals surface area contributed by atoms with E-state index in [2.05, 4.69) is 191 Å². The normalized spacial score (nSPS) is 11.6. The van der Waals surface area contributed by atoms with Gasteiger partial charge in [-0.2, -0.15) is 0 Å². The van der Waals surface area contributed by atoms with Crippen LogP contribution in [0.4, 0.5) is 14.5 Å². The number of ether oxygens (including phenoxy) is 1. The Hall–Kier alpha value is -11.4. The van der Waals surface area contributed by atoms with Gasteiger partial charge in [-0.1, -0.05) is 136 Å². The third-order valence-electron chi connectivity index (χ3n) is 22.5. The molecule has 0 aliphatic heterocycles. The molecule has 25 heteroatoms. The van der Waals surface area contributed by atoms with Gasteiger partial charge in [-0.3, -0.25) is 28.7 Å². The molecule has 0 saturated heterocycles. The van der Waals surface area contributed by atoms with Crippen molar-refractivity contribution in [2.24, 2.45) is 0 Å². The van der Waals surface area contributed by atoms with E-state index >= 15 is 0 Å². The van der Waals surface area contributed by atoms with Crippen LogP contribution in [-0.4, -0.2) is 124 Å². The summed E-state index contributed by atoms with van der Waals surface area (Å²) in [6, 6.07) is 96.7. The first-order valence-electron chi connectivity index (χ1n) is 39.7. The number of rotatable bonds is 5. The van der Waals surface area contributed by atoms with Crippen LogP contribution < -0.4 is 82.2 Å². The number of furan rings is 1. The summed E-state index contributed by atoms with van der Waals surface area (Å²) in [5, 5.41) is 16.9. The van der Waals surface area contributed by atoms with E-state index in [0.29, 0.717) is 23.8 Å². The van der Waals surface area contributed by atoms with Crippen LogP contribution in [0.5, 0.6) is 5.88 Å². The first kappa shape index (κ1) is 85.7. The van der Waals surface area contributed by atoms with Crippen LogP contribution in [0.15, 0.2) is 284 Å². The number of hydrogen-bond donors (Lipinski definition) is 0. The predicted molar refractivity (Wildman–Crippen MR) is 494 cm³/mol. The number of para-hydroxylation sites is 7. The minimum Gasteiger partial charge on any atom is -1.00 e. The van der Waals surface area contributed by atoms with Crippen molar-refractivity contribution >= 4 is 264 Å². The summed E-state index contributed by atoms with van der Waals surface area (Å²) >= 11 is -0.520. The monoisotopic (exact) mass is 1770 g/mol. The van der Waals surface area contributed by atoms with E-state index in [1.165, 1.54) is 66.6 Å². The second kappa shape index (κ2) is 34.5. The summed E-state index contributed by atoms with van der Waals surface area (Å²) in [6.07, 6.45) is 8.64. The quantitative estimate of drug-likeness (QED) is 0.0920. The van der Waals surface area contributed by atoms with Crippen LogP contribution in [-0.2, 0) is 0 Å². The number of imidazole rings is 5. The summed E-state index contributed by atoms with van der Waals surface area (Å²) < 4.78 is 52.6. The fourth-order valence-electron chi connectivity index (χ4n) is 17.2. The van der Waals surface area contributed by atoms with Crippen molar-refractivity contribution < 1.29 is 86.9 Å². The molecule has 16 nitrogen and oxygen atoms in total. The van der Waals surface area contributed by atoms with Crippen LogP contribution in [0.3, 0.4) is 0 Å². The molecule has 0 unspecified atom stereocenters. The van der Waals surface area contributed by atoms with E-state index in [1.807, 2.05) is 161 Å². The molecular formula is C100H68ClF2Li3MgN14O2SSn. The van der Waals surface area contributed by atoms with Crippen molar-refractivity contribution in [2.75, 3.05) is 25.6 Å². The van der Waals surface area contributed by atoms with Gasteiger partial charge in [-0.25, -0.2) is 15.0 Å². The molecule has 0 amide bonds. The van der Waals surface area contributed by atoms with Crippen molar-refractivity contribution in [3.63, 3.8) is 0 Å². The zero-order valence-electron chi connectivity index (χ0n) is 69.8. The fraction of sp³-hybridized carbons (Fsp3) is 0.0800. The molecular weight excluding hydrogens is 1700 g/mol. The molecule has 26 aromatic rings. The van der Waals surface area contributed by atoms with Crippen LogP contribution in [0.1, 0.15) is 13.3 Å². The topological polar surface area (TPSA) is 151 Å². The summed E-state index contributed by atoms with van der Waals surface area (Å²) in [5.41, 5.74) is 18.4. The van der Waals surface area contributed by atoms with Gasteiger partial charge < -0.3 is 39.2 Å².